The van der Waals surface area contributed by atoms with Crippen molar-refractivity contribution in [3.63, 3.8) is 0 Å². The number of hydrogen-bond acceptors (Lipinski definition) is 13. The molecule has 5 amide bonds. The summed E-state index contributed by atoms with van der Waals surface area (Å²) in [7, 11) is 0. The molecule has 1 atom stereocenters. The monoisotopic (exact) mass is 802 g/mol. The Morgan fingerprint density at radius 3 is 2.22 bits per heavy atom. The molecular weight excluding hydrogens is 753 g/mol. The molecule has 1 aromatic carbocycles. The second kappa shape index (κ2) is 15.3. The number of ether oxygens (including phenoxy) is 1. The molecule has 0 spiro atoms. The quantitative estimate of drug-likeness (QED) is 0.300. The van der Waals surface area contributed by atoms with Gasteiger partial charge in [0.05, 0.1) is 27.9 Å². The second-order valence-corrected chi connectivity index (χ2v) is 17.6. The lowest BCUT2D eigenvalue weighted by atomic mass is 9.49. The van der Waals surface area contributed by atoms with Crippen LogP contribution in [-0.2, 0) is 9.59 Å². The molecule has 16 nitrogen and oxygen atoms in total. The van der Waals surface area contributed by atoms with Crippen molar-refractivity contribution in [2.45, 2.75) is 78.5 Å². The number of carbonyl (C=O) groups excluding carboxylic acids is 5. The van der Waals surface area contributed by atoms with Gasteiger partial charge in [0.2, 0.25) is 23.6 Å². The van der Waals surface area contributed by atoms with Crippen LogP contribution in [0.3, 0.4) is 0 Å². The van der Waals surface area contributed by atoms with Gasteiger partial charge >= 0.3 is 0 Å². The number of fused-ring (bicyclic) bond motifs is 1. The van der Waals surface area contributed by atoms with Crippen molar-refractivity contribution < 1.29 is 28.7 Å². The number of anilines is 2. The molecule has 1 unspecified atom stereocenters. The standard InChI is InChI=1S/C43H50N10O6/c1-25-27(21-44)6-11-34(47-25)59-40-42(2,3)39(43(40,4)5)49-35(55)28-22-45-41(46-23-28)52-14-12-26(13-15-52)24-50-16-18-51(19-17-50)29-7-8-30-31(20-29)38(58)53(37(30)57)32-9-10-33(54)48-36(32)56/h6-8,11,20,22-23,26,32,39-40H,9-10,12-19,24H2,1-5H3,(H,49,55)(H,48,54,56). The minimum atomic E-state index is -0.981. The van der Waals surface area contributed by atoms with Crippen molar-refractivity contribution in [3.8, 4) is 11.9 Å². The molecule has 308 valence electrons. The number of nitrogens with zero attached hydrogens (tertiary/aromatic N) is 8. The molecule has 6 heterocycles. The minimum Gasteiger partial charge on any atom is -0.473 e. The van der Waals surface area contributed by atoms with Gasteiger partial charge in [0.15, 0.2) is 0 Å². The van der Waals surface area contributed by atoms with Crippen LogP contribution < -0.4 is 25.2 Å². The minimum absolute atomic E-state index is 0.0856. The van der Waals surface area contributed by atoms with Crippen LogP contribution in [-0.4, -0.2) is 118 Å². The molecule has 8 rings (SSSR count). The Morgan fingerprint density at radius 2 is 1.58 bits per heavy atom. The van der Waals surface area contributed by atoms with Crippen LogP contribution >= 0.6 is 0 Å². The number of piperidine rings is 2. The van der Waals surface area contributed by atoms with Crippen molar-refractivity contribution in [3.05, 3.63) is 70.7 Å². The van der Waals surface area contributed by atoms with E-state index in [0.29, 0.717) is 40.1 Å². The first kappa shape index (κ1) is 39.9. The molecule has 5 aliphatic rings. The van der Waals surface area contributed by atoms with Gasteiger partial charge in [-0.1, -0.05) is 27.7 Å². The largest absolute Gasteiger partial charge is 0.473 e. The first-order valence-corrected chi connectivity index (χ1v) is 20.4. The molecule has 1 saturated carbocycles. The lowest BCUT2D eigenvalue weighted by Gasteiger charge is -2.62. The second-order valence-electron chi connectivity index (χ2n) is 17.6. The average Bonchev–Trinajstić information content (AvgIpc) is 3.47. The molecule has 3 aromatic rings. The van der Waals surface area contributed by atoms with Gasteiger partial charge in [0.1, 0.15) is 18.2 Å². The molecule has 1 aliphatic carbocycles. The van der Waals surface area contributed by atoms with Crippen LogP contribution in [0.1, 0.15) is 95.7 Å². The van der Waals surface area contributed by atoms with E-state index in [1.165, 1.54) is 0 Å². The fourth-order valence-corrected chi connectivity index (χ4v) is 9.98. The third-order valence-electron chi connectivity index (χ3n) is 13.0. The highest BCUT2D eigenvalue weighted by Gasteiger charge is 2.64. The highest BCUT2D eigenvalue weighted by Crippen LogP contribution is 2.55. The number of nitriles is 1. The number of aryl methyl sites for hydroxylation is 1. The van der Waals surface area contributed by atoms with Crippen molar-refractivity contribution in [2.75, 3.05) is 55.6 Å². The number of imide groups is 2. The number of amides is 5. The highest BCUT2D eigenvalue weighted by molar-refractivity contribution is 6.23. The Hall–Kier alpha value is -5.95. The SMILES string of the molecule is Cc1nc(OC2C(C)(C)C(NC(=O)c3cnc(N4CCC(CN5CCN(c6ccc7c(c6)C(=O)N(C6CCC(=O)NC6=O)C7=O)CC5)CC4)nc3)C2(C)C)ccc1C#N. The summed E-state index contributed by atoms with van der Waals surface area (Å²) in [5, 5.41) is 14.7. The smallest absolute Gasteiger partial charge is 0.262 e. The fraction of sp³-hybridized carbons (Fsp3) is 0.512. The van der Waals surface area contributed by atoms with E-state index in [-0.39, 0.29) is 47.3 Å². The molecule has 2 N–H and O–H groups in total. The summed E-state index contributed by atoms with van der Waals surface area (Å²) in [6.07, 6.45) is 5.20. The Bertz CT molecular complexity index is 2220. The third kappa shape index (κ3) is 7.37. The summed E-state index contributed by atoms with van der Waals surface area (Å²) in [4.78, 5) is 85.5. The van der Waals surface area contributed by atoms with Crippen molar-refractivity contribution in [2.24, 2.45) is 16.7 Å². The predicted molar refractivity (Wildman–Crippen MR) is 216 cm³/mol. The van der Waals surface area contributed by atoms with Gasteiger partial charge in [-0.05, 0) is 56.4 Å². The average molecular weight is 803 g/mol. The van der Waals surface area contributed by atoms with Crippen LogP contribution in [0.15, 0.2) is 42.7 Å². The first-order chi connectivity index (χ1) is 28.1. The molecule has 3 saturated heterocycles. The number of pyridine rings is 1. The highest BCUT2D eigenvalue weighted by atomic mass is 16.5. The fourth-order valence-electron chi connectivity index (χ4n) is 9.98. The zero-order valence-electron chi connectivity index (χ0n) is 34.2. The maximum Gasteiger partial charge on any atom is 0.262 e. The van der Waals surface area contributed by atoms with Crippen LogP contribution in [0, 0.1) is 35.0 Å². The van der Waals surface area contributed by atoms with Gasteiger partial charge in [0, 0.05) is 93.3 Å². The van der Waals surface area contributed by atoms with Crippen LogP contribution in [0.4, 0.5) is 11.6 Å². The Morgan fingerprint density at radius 1 is 0.898 bits per heavy atom. The Labute approximate surface area is 343 Å². The normalized spacial score (nSPS) is 24.3. The zero-order chi connectivity index (χ0) is 41.8. The number of hydrogen-bond donors (Lipinski definition) is 2. The Kier molecular flexibility index (Phi) is 10.4. The van der Waals surface area contributed by atoms with E-state index >= 15 is 0 Å². The maximum atomic E-state index is 13.4. The molecule has 4 aliphatic heterocycles. The van der Waals surface area contributed by atoms with Gasteiger partial charge < -0.3 is 19.9 Å². The Balaban J connectivity index is 0.789. The van der Waals surface area contributed by atoms with Crippen molar-refractivity contribution >= 4 is 41.2 Å². The number of rotatable bonds is 9. The number of carbonyl (C=O) groups is 5. The van der Waals surface area contributed by atoms with E-state index in [9.17, 15) is 29.2 Å². The topological polar surface area (TPSA) is 194 Å². The van der Waals surface area contributed by atoms with E-state index in [0.717, 1.165) is 69.2 Å². The van der Waals surface area contributed by atoms with E-state index in [4.69, 9.17) is 4.74 Å². The number of aromatic nitrogens is 3. The number of benzene rings is 1. The van der Waals surface area contributed by atoms with Crippen molar-refractivity contribution in [1.29, 1.82) is 5.26 Å². The molecule has 2 aromatic heterocycles. The van der Waals surface area contributed by atoms with E-state index in [1.54, 1.807) is 43.6 Å². The van der Waals surface area contributed by atoms with Gasteiger partial charge in [-0.2, -0.15) is 5.26 Å². The summed E-state index contributed by atoms with van der Waals surface area (Å²) < 4.78 is 6.33. The molecule has 16 heteroatoms. The summed E-state index contributed by atoms with van der Waals surface area (Å²) in [6.45, 7) is 16.0. The molecule has 0 radical (unpaired) electrons. The summed E-state index contributed by atoms with van der Waals surface area (Å²) in [5.74, 6) is -0.628. The van der Waals surface area contributed by atoms with Gasteiger partial charge in [-0.15, -0.1) is 0 Å². The van der Waals surface area contributed by atoms with E-state index in [1.807, 2.05) is 6.07 Å². The summed E-state index contributed by atoms with van der Waals surface area (Å²) in [5.41, 5.74) is 2.20. The lowest BCUT2D eigenvalue weighted by molar-refractivity contribution is -0.165. The molecule has 0 bridgehead atoms. The summed E-state index contributed by atoms with van der Waals surface area (Å²) >= 11 is 0. The first-order valence-electron chi connectivity index (χ1n) is 20.4. The molecule has 4 fully saturated rings. The van der Waals surface area contributed by atoms with Crippen molar-refractivity contribution in [1.82, 2.24) is 35.4 Å². The van der Waals surface area contributed by atoms with Gasteiger partial charge in [-0.25, -0.2) is 15.0 Å². The zero-order valence-corrected chi connectivity index (χ0v) is 34.2. The number of nitrogens with one attached hydrogen (secondary N) is 2. The van der Waals surface area contributed by atoms with Gasteiger partial charge in [-0.3, -0.25) is 39.1 Å². The van der Waals surface area contributed by atoms with Crippen LogP contribution in [0.5, 0.6) is 5.88 Å². The van der Waals surface area contributed by atoms with Gasteiger partial charge in [0.25, 0.3) is 17.7 Å². The molecule has 59 heavy (non-hydrogen) atoms. The predicted octanol–water partition coefficient (Wildman–Crippen LogP) is 3.10. The third-order valence-corrected chi connectivity index (χ3v) is 13.0. The summed E-state index contributed by atoms with van der Waals surface area (Å²) in [6, 6.07) is 9.70. The molecular formula is C43H50N10O6. The lowest BCUT2D eigenvalue weighted by Crippen LogP contribution is -2.74. The number of piperazine rings is 1. The van der Waals surface area contributed by atoms with E-state index in [2.05, 4.69) is 74.0 Å². The van der Waals surface area contributed by atoms with E-state index < -0.39 is 29.7 Å². The maximum absolute atomic E-state index is 13.4. The van der Waals surface area contributed by atoms with Crippen LogP contribution in [0.25, 0.3) is 0 Å². The van der Waals surface area contributed by atoms with Crippen LogP contribution in [0.2, 0.25) is 0 Å².